The molecule has 0 fully saturated rings. The van der Waals surface area contributed by atoms with Gasteiger partial charge in [0.25, 0.3) is 0 Å². The predicted octanol–water partition coefficient (Wildman–Crippen LogP) is 5.72. The maximum atomic E-state index is 12.6. The van der Waals surface area contributed by atoms with Crippen LogP contribution in [-0.2, 0) is 11.3 Å². The Morgan fingerprint density at radius 3 is 2.37 bits per heavy atom. The molecule has 0 amide bonds. The van der Waals surface area contributed by atoms with Gasteiger partial charge in [0.2, 0.25) is 5.69 Å². The summed E-state index contributed by atoms with van der Waals surface area (Å²) in [6.45, 7) is 6.41. The van der Waals surface area contributed by atoms with E-state index in [2.05, 4.69) is 72.3 Å². The normalized spacial score (nSPS) is 11.1. The number of aryl methyl sites for hydroxylation is 1. The fraction of sp³-hybridized carbons (Fsp3) is 0.185. The standard InChI is InChI=1S/C27H26NO2/c1-19(2)30-27(29)25-11-7-5-9-23(25)18-28-17-16-21-8-4-6-10-24(21)26(28)22-14-12-20(3)13-15-22/h4-17,19H,18H2,1-3H3/q+1. The second kappa shape index (κ2) is 8.50. The van der Waals surface area contributed by atoms with Crippen molar-refractivity contribution < 1.29 is 14.1 Å². The molecule has 150 valence electrons. The molecule has 0 atom stereocenters. The SMILES string of the molecule is Cc1ccc(-c2c3ccccc3cc[n+]2Cc2ccccc2C(=O)OC(C)C)cc1. The van der Waals surface area contributed by atoms with Gasteiger partial charge in [-0.1, -0.05) is 54.1 Å². The third kappa shape index (κ3) is 4.11. The molecule has 0 saturated heterocycles. The molecule has 0 radical (unpaired) electrons. The van der Waals surface area contributed by atoms with Crippen LogP contribution in [0.15, 0.2) is 85.1 Å². The first-order valence-electron chi connectivity index (χ1n) is 10.3. The molecule has 0 aliphatic heterocycles. The van der Waals surface area contributed by atoms with Crippen molar-refractivity contribution >= 4 is 16.7 Å². The number of esters is 1. The average Bonchev–Trinajstić information content (AvgIpc) is 2.74. The highest BCUT2D eigenvalue weighted by Gasteiger charge is 2.21. The van der Waals surface area contributed by atoms with E-state index in [1.807, 2.05) is 38.1 Å². The maximum Gasteiger partial charge on any atom is 0.338 e. The summed E-state index contributed by atoms with van der Waals surface area (Å²) in [5.41, 5.74) is 5.07. The van der Waals surface area contributed by atoms with Crippen molar-refractivity contribution in [1.82, 2.24) is 0 Å². The first-order chi connectivity index (χ1) is 14.5. The number of carbonyl (C=O) groups is 1. The number of fused-ring (bicyclic) bond motifs is 1. The molecule has 0 bridgehead atoms. The first kappa shape index (κ1) is 19.8. The van der Waals surface area contributed by atoms with Crippen LogP contribution in [0.3, 0.4) is 0 Å². The number of rotatable bonds is 5. The summed E-state index contributed by atoms with van der Waals surface area (Å²) in [6, 6.07) is 26.8. The number of ether oxygens (including phenoxy) is 1. The molecule has 0 aliphatic rings. The number of hydrogen-bond donors (Lipinski definition) is 0. The minimum Gasteiger partial charge on any atom is -0.459 e. The topological polar surface area (TPSA) is 30.2 Å². The number of aromatic nitrogens is 1. The van der Waals surface area contributed by atoms with Crippen LogP contribution >= 0.6 is 0 Å². The van der Waals surface area contributed by atoms with Gasteiger partial charge in [-0.15, -0.1) is 0 Å². The lowest BCUT2D eigenvalue weighted by molar-refractivity contribution is -0.676. The van der Waals surface area contributed by atoms with Crippen LogP contribution in [0.2, 0.25) is 0 Å². The van der Waals surface area contributed by atoms with Gasteiger partial charge in [-0.05, 0) is 50.4 Å². The molecule has 3 aromatic carbocycles. The Labute approximate surface area is 177 Å². The van der Waals surface area contributed by atoms with E-state index >= 15 is 0 Å². The van der Waals surface area contributed by atoms with Crippen molar-refractivity contribution in [3.8, 4) is 11.3 Å². The van der Waals surface area contributed by atoms with E-state index in [1.54, 1.807) is 0 Å². The van der Waals surface area contributed by atoms with Crippen molar-refractivity contribution in [1.29, 1.82) is 0 Å². The molecule has 4 rings (SSSR count). The summed E-state index contributed by atoms with van der Waals surface area (Å²) >= 11 is 0. The summed E-state index contributed by atoms with van der Waals surface area (Å²) in [6.07, 6.45) is 1.95. The van der Waals surface area contributed by atoms with Gasteiger partial charge in [0, 0.05) is 17.2 Å². The molecule has 4 aromatic rings. The molecule has 0 spiro atoms. The number of hydrogen-bond acceptors (Lipinski definition) is 2. The molecule has 0 aliphatic carbocycles. The van der Waals surface area contributed by atoms with Crippen LogP contribution in [-0.4, -0.2) is 12.1 Å². The van der Waals surface area contributed by atoms with Crippen LogP contribution in [0, 0.1) is 6.92 Å². The summed E-state index contributed by atoms with van der Waals surface area (Å²) < 4.78 is 7.68. The molecular formula is C27H26NO2+. The second-order valence-electron chi connectivity index (χ2n) is 7.86. The van der Waals surface area contributed by atoms with E-state index < -0.39 is 0 Å². The number of carbonyl (C=O) groups excluding carboxylic acids is 1. The van der Waals surface area contributed by atoms with Crippen molar-refractivity contribution in [2.75, 3.05) is 0 Å². The number of pyridine rings is 1. The van der Waals surface area contributed by atoms with E-state index in [4.69, 9.17) is 4.74 Å². The van der Waals surface area contributed by atoms with Crippen LogP contribution in [0.25, 0.3) is 22.0 Å². The Kier molecular flexibility index (Phi) is 5.62. The summed E-state index contributed by atoms with van der Waals surface area (Å²) in [5.74, 6) is -0.279. The van der Waals surface area contributed by atoms with E-state index in [-0.39, 0.29) is 12.1 Å². The molecule has 3 nitrogen and oxygen atoms in total. The van der Waals surface area contributed by atoms with Crippen molar-refractivity contribution in [2.45, 2.75) is 33.4 Å². The lowest BCUT2D eigenvalue weighted by Gasteiger charge is -2.12. The van der Waals surface area contributed by atoms with Gasteiger partial charge in [0.1, 0.15) is 0 Å². The fourth-order valence-corrected chi connectivity index (χ4v) is 3.74. The molecule has 0 unspecified atom stereocenters. The summed E-state index contributed by atoms with van der Waals surface area (Å²) in [5, 5.41) is 2.38. The Morgan fingerprint density at radius 2 is 1.60 bits per heavy atom. The molecule has 1 aromatic heterocycles. The lowest BCUT2D eigenvalue weighted by atomic mass is 10.0. The molecule has 3 heteroatoms. The maximum absolute atomic E-state index is 12.6. The van der Waals surface area contributed by atoms with Gasteiger partial charge in [-0.3, -0.25) is 0 Å². The Bertz CT molecular complexity index is 1190. The van der Waals surface area contributed by atoms with E-state index in [0.717, 1.165) is 16.8 Å². The quantitative estimate of drug-likeness (QED) is 0.319. The predicted molar refractivity (Wildman–Crippen MR) is 120 cm³/mol. The number of benzene rings is 3. The zero-order valence-corrected chi connectivity index (χ0v) is 17.6. The molecule has 30 heavy (non-hydrogen) atoms. The van der Waals surface area contributed by atoms with E-state index in [0.29, 0.717) is 12.1 Å². The van der Waals surface area contributed by atoms with Gasteiger partial charge in [-0.25, -0.2) is 4.79 Å². The van der Waals surface area contributed by atoms with Gasteiger partial charge in [0.15, 0.2) is 12.7 Å². The van der Waals surface area contributed by atoms with Crippen molar-refractivity contribution in [3.05, 3.63) is 102 Å². The minimum atomic E-state index is -0.279. The highest BCUT2D eigenvalue weighted by molar-refractivity contribution is 5.93. The van der Waals surface area contributed by atoms with Gasteiger partial charge < -0.3 is 4.74 Å². The van der Waals surface area contributed by atoms with Crippen LogP contribution in [0.5, 0.6) is 0 Å². The third-order valence-corrected chi connectivity index (χ3v) is 5.18. The highest BCUT2D eigenvalue weighted by Crippen LogP contribution is 2.26. The fourth-order valence-electron chi connectivity index (χ4n) is 3.74. The van der Waals surface area contributed by atoms with Crippen molar-refractivity contribution in [2.24, 2.45) is 0 Å². The zero-order chi connectivity index (χ0) is 21.1. The van der Waals surface area contributed by atoms with Crippen molar-refractivity contribution in [3.63, 3.8) is 0 Å². The Hall–Kier alpha value is -3.46. The average molecular weight is 397 g/mol. The van der Waals surface area contributed by atoms with Crippen LogP contribution < -0.4 is 4.57 Å². The monoisotopic (exact) mass is 396 g/mol. The Balaban J connectivity index is 1.84. The third-order valence-electron chi connectivity index (χ3n) is 5.18. The van der Waals surface area contributed by atoms with Crippen LogP contribution in [0.4, 0.5) is 0 Å². The smallest absolute Gasteiger partial charge is 0.338 e. The molecule has 0 saturated carbocycles. The van der Waals surface area contributed by atoms with Gasteiger partial charge in [0.05, 0.1) is 17.1 Å². The van der Waals surface area contributed by atoms with Gasteiger partial charge >= 0.3 is 5.97 Å². The highest BCUT2D eigenvalue weighted by atomic mass is 16.5. The molecular weight excluding hydrogens is 370 g/mol. The largest absolute Gasteiger partial charge is 0.459 e. The summed E-state index contributed by atoms with van der Waals surface area (Å²) in [7, 11) is 0. The molecule has 0 N–H and O–H groups in total. The van der Waals surface area contributed by atoms with E-state index in [9.17, 15) is 4.79 Å². The van der Waals surface area contributed by atoms with E-state index in [1.165, 1.54) is 16.3 Å². The number of nitrogens with zero attached hydrogens (tertiary/aromatic N) is 1. The summed E-state index contributed by atoms with van der Waals surface area (Å²) in [4.78, 5) is 12.6. The first-order valence-corrected chi connectivity index (χ1v) is 10.3. The van der Waals surface area contributed by atoms with Crippen LogP contribution in [0.1, 0.15) is 35.3 Å². The minimum absolute atomic E-state index is 0.151. The second-order valence-corrected chi connectivity index (χ2v) is 7.86. The Morgan fingerprint density at radius 1 is 0.900 bits per heavy atom. The zero-order valence-electron chi connectivity index (χ0n) is 17.6. The van der Waals surface area contributed by atoms with Gasteiger partial charge in [-0.2, -0.15) is 4.57 Å². The molecule has 1 heterocycles. The lowest BCUT2D eigenvalue weighted by Crippen LogP contribution is -2.37.